The highest BCUT2D eigenvalue weighted by Crippen LogP contribution is 2.21. The van der Waals surface area contributed by atoms with Crippen molar-refractivity contribution in [3.8, 4) is 11.5 Å². The van der Waals surface area contributed by atoms with Crippen LogP contribution in [0, 0.1) is 5.92 Å². The Kier molecular flexibility index (Phi) is 4.42. The fraction of sp³-hybridized carbons (Fsp3) is 0.211. The molecule has 0 radical (unpaired) electrons. The molecule has 0 bridgehead atoms. The molecule has 1 N–H and O–H groups in total. The van der Waals surface area contributed by atoms with Gasteiger partial charge in [-0.2, -0.15) is 0 Å². The number of nitrogens with zero attached hydrogens (tertiary/aromatic N) is 1. The van der Waals surface area contributed by atoms with Crippen LogP contribution in [0.15, 0.2) is 57.7 Å². The molecule has 3 aromatic rings. The van der Waals surface area contributed by atoms with Gasteiger partial charge in [0.2, 0.25) is 11.8 Å². The number of amides is 1. The molecule has 5 heteroatoms. The highest BCUT2D eigenvalue weighted by molar-refractivity contribution is 5.92. The molecule has 1 heterocycles. The molecule has 0 fully saturated rings. The van der Waals surface area contributed by atoms with Crippen molar-refractivity contribution in [1.82, 2.24) is 4.98 Å². The van der Waals surface area contributed by atoms with Crippen LogP contribution in [0.4, 0.5) is 5.69 Å². The number of anilines is 1. The molecule has 0 saturated heterocycles. The normalized spacial score (nSPS) is 12.1. The first-order valence-corrected chi connectivity index (χ1v) is 7.89. The second-order valence-electron chi connectivity index (χ2n) is 5.70. The largest absolute Gasteiger partial charge is 0.403 e. The first-order valence-electron chi connectivity index (χ1n) is 7.89. The first-order chi connectivity index (χ1) is 11.6. The maximum absolute atomic E-state index is 12.0. The molecule has 0 aliphatic rings. The van der Waals surface area contributed by atoms with E-state index in [1.807, 2.05) is 19.9 Å². The van der Waals surface area contributed by atoms with E-state index in [0.717, 1.165) is 6.42 Å². The minimum Gasteiger partial charge on any atom is -0.403 e. The SMILES string of the molecule is CCC(C)C(=O)Nc1ccc(-c2nc3ccccc3c(=O)o2)cc1. The summed E-state index contributed by atoms with van der Waals surface area (Å²) >= 11 is 0. The molecule has 0 aliphatic heterocycles. The van der Waals surface area contributed by atoms with Crippen molar-refractivity contribution in [3.05, 3.63) is 59.0 Å². The van der Waals surface area contributed by atoms with Gasteiger partial charge in [-0.25, -0.2) is 9.78 Å². The molecule has 122 valence electrons. The zero-order valence-corrected chi connectivity index (χ0v) is 13.6. The number of para-hydroxylation sites is 1. The van der Waals surface area contributed by atoms with Crippen molar-refractivity contribution in [2.45, 2.75) is 20.3 Å². The highest BCUT2D eigenvalue weighted by Gasteiger charge is 2.11. The van der Waals surface area contributed by atoms with Gasteiger partial charge in [0.05, 0.1) is 10.9 Å². The average molecular weight is 322 g/mol. The number of rotatable bonds is 4. The van der Waals surface area contributed by atoms with Gasteiger partial charge in [0.15, 0.2) is 0 Å². The average Bonchev–Trinajstić information content (AvgIpc) is 2.61. The van der Waals surface area contributed by atoms with Crippen LogP contribution in [0.2, 0.25) is 0 Å². The Bertz CT molecular complexity index is 929. The zero-order chi connectivity index (χ0) is 17.1. The molecule has 3 rings (SSSR count). The Labute approximate surface area is 139 Å². The van der Waals surface area contributed by atoms with E-state index in [4.69, 9.17) is 4.42 Å². The number of hydrogen-bond acceptors (Lipinski definition) is 4. The van der Waals surface area contributed by atoms with Crippen molar-refractivity contribution < 1.29 is 9.21 Å². The summed E-state index contributed by atoms with van der Waals surface area (Å²) in [4.78, 5) is 28.3. The molecule has 1 amide bonds. The van der Waals surface area contributed by atoms with E-state index >= 15 is 0 Å². The molecule has 0 saturated carbocycles. The predicted molar refractivity (Wildman–Crippen MR) is 93.8 cm³/mol. The summed E-state index contributed by atoms with van der Waals surface area (Å²) in [7, 11) is 0. The van der Waals surface area contributed by atoms with Gasteiger partial charge < -0.3 is 9.73 Å². The lowest BCUT2D eigenvalue weighted by Gasteiger charge is -2.10. The maximum Gasteiger partial charge on any atom is 0.347 e. The Morgan fingerprint density at radius 3 is 2.58 bits per heavy atom. The van der Waals surface area contributed by atoms with Crippen LogP contribution in [0.25, 0.3) is 22.4 Å². The molecule has 24 heavy (non-hydrogen) atoms. The van der Waals surface area contributed by atoms with Gasteiger partial charge in [-0.05, 0) is 42.8 Å². The molecule has 1 atom stereocenters. The van der Waals surface area contributed by atoms with E-state index in [2.05, 4.69) is 10.3 Å². The van der Waals surface area contributed by atoms with Crippen molar-refractivity contribution in [3.63, 3.8) is 0 Å². The van der Waals surface area contributed by atoms with Crippen molar-refractivity contribution in [1.29, 1.82) is 0 Å². The van der Waals surface area contributed by atoms with Gasteiger partial charge in [0.1, 0.15) is 0 Å². The lowest BCUT2D eigenvalue weighted by atomic mass is 10.1. The lowest BCUT2D eigenvalue weighted by molar-refractivity contribution is -0.119. The minimum absolute atomic E-state index is 0.0133. The number of nitrogens with one attached hydrogen (secondary N) is 1. The molecular formula is C19H18N2O3. The second-order valence-corrected chi connectivity index (χ2v) is 5.70. The number of fused-ring (bicyclic) bond motifs is 1. The molecule has 1 unspecified atom stereocenters. The molecular weight excluding hydrogens is 304 g/mol. The predicted octanol–water partition coefficient (Wildman–Crippen LogP) is 3.84. The Balaban J connectivity index is 1.88. The number of hydrogen-bond donors (Lipinski definition) is 1. The first kappa shape index (κ1) is 15.9. The standard InChI is InChI=1S/C19H18N2O3/c1-3-12(2)17(22)20-14-10-8-13(9-11-14)18-21-16-7-5-4-6-15(16)19(23)24-18/h4-12H,3H2,1-2H3,(H,20,22). The fourth-order valence-corrected chi connectivity index (χ4v) is 2.29. The Hall–Kier alpha value is -2.95. The van der Waals surface area contributed by atoms with Gasteiger partial charge in [-0.15, -0.1) is 0 Å². The third-order valence-electron chi connectivity index (χ3n) is 3.99. The van der Waals surface area contributed by atoms with E-state index in [9.17, 15) is 9.59 Å². The molecule has 2 aromatic carbocycles. The number of benzene rings is 2. The van der Waals surface area contributed by atoms with E-state index < -0.39 is 5.63 Å². The number of carbonyl (C=O) groups excluding carboxylic acids is 1. The van der Waals surface area contributed by atoms with E-state index in [0.29, 0.717) is 22.2 Å². The van der Waals surface area contributed by atoms with Gasteiger partial charge in [0.25, 0.3) is 0 Å². The van der Waals surface area contributed by atoms with E-state index in [-0.39, 0.29) is 17.7 Å². The summed E-state index contributed by atoms with van der Waals surface area (Å²) in [5, 5.41) is 3.32. The van der Waals surface area contributed by atoms with Gasteiger partial charge in [-0.1, -0.05) is 26.0 Å². The number of aromatic nitrogens is 1. The summed E-state index contributed by atoms with van der Waals surface area (Å²) in [6.07, 6.45) is 0.788. The van der Waals surface area contributed by atoms with Crippen LogP contribution >= 0.6 is 0 Å². The monoisotopic (exact) mass is 322 g/mol. The third-order valence-corrected chi connectivity index (χ3v) is 3.99. The zero-order valence-electron chi connectivity index (χ0n) is 13.6. The van der Waals surface area contributed by atoms with Gasteiger partial charge >= 0.3 is 5.63 Å². The molecule has 5 nitrogen and oxygen atoms in total. The van der Waals surface area contributed by atoms with Crippen LogP contribution in [-0.2, 0) is 4.79 Å². The van der Waals surface area contributed by atoms with Crippen molar-refractivity contribution in [2.75, 3.05) is 5.32 Å². The molecule has 0 aliphatic carbocycles. The van der Waals surface area contributed by atoms with Crippen molar-refractivity contribution >= 4 is 22.5 Å². The smallest absolute Gasteiger partial charge is 0.347 e. The van der Waals surface area contributed by atoms with Crippen LogP contribution in [0.3, 0.4) is 0 Å². The number of carbonyl (C=O) groups is 1. The van der Waals surface area contributed by atoms with Gasteiger partial charge in [0, 0.05) is 17.2 Å². The van der Waals surface area contributed by atoms with Crippen molar-refractivity contribution in [2.24, 2.45) is 5.92 Å². The summed E-state index contributed by atoms with van der Waals surface area (Å²) in [5.41, 5.74) is 1.56. The quantitative estimate of drug-likeness (QED) is 0.792. The van der Waals surface area contributed by atoms with Crippen LogP contribution < -0.4 is 10.9 Å². The van der Waals surface area contributed by atoms with E-state index in [1.165, 1.54) is 0 Å². The summed E-state index contributed by atoms with van der Waals surface area (Å²) in [6.45, 7) is 3.86. The fourth-order valence-electron chi connectivity index (χ4n) is 2.29. The van der Waals surface area contributed by atoms with Gasteiger partial charge in [-0.3, -0.25) is 4.79 Å². The Morgan fingerprint density at radius 1 is 1.17 bits per heavy atom. The topological polar surface area (TPSA) is 72.2 Å². The van der Waals surface area contributed by atoms with Crippen LogP contribution in [0.1, 0.15) is 20.3 Å². The molecule has 0 spiro atoms. The van der Waals surface area contributed by atoms with E-state index in [1.54, 1.807) is 42.5 Å². The van der Waals surface area contributed by atoms with Crippen LogP contribution in [-0.4, -0.2) is 10.9 Å². The summed E-state index contributed by atoms with van der Waals surface area (Å²) in [5.74, 6) is 0.212. The molecule has 1 aromatic heterocycles. The summed E-state index contributed by atoms with van der Waals surface area (Å²) in [6, 6.07) is 14.1. The van der Waals surface area contributed by atoms with Crippen LogP contribution in [0.5, 0.6) is 0 Å². The Morgan fingerprint density at radius 2 is 1.88 bits per heavy atom. The second kappa shape index (κ2) is 6.66. The highest BCUT2D eigenvalue weighted by atomic mass is 16.4. The lowest BCUT2D eigenvalue weighted by Crippen LogP contribution is -2.19. The minimum atomic E-state index is -0.412. The maximum atomic E-state index is 12.0. The third kappa shape index (κ3) is 3.20. The summed E-state index contributed by atoms with van der Waals surface area (Å²) < 4.78 is 5.30.